The fourth-order valence-corrected chi connectivity index (χ4v) is 3.74. The van der Waals surface area contributed by atoms with Crippen LogP contribution in [0.5, 0.6) is 0 Å². The van der Waals surface area contributed by atoms with E-state index in [1.807, 2.05) is 26.0 Å². The number of rotatable bonds is 1. The van der Waals surface area contributed by atoms with Crippen LogP contribution < -0.4 is 10.6 Å². The van der Waals surface area contributed by atoms with Gasteiger partial charge in [0, 0.05) is 15.1 Å². The Bertz CT molecular complexity index is 1070. The molecule has 1 atom stereocenters. The Hall–Kier alpha value is -2.06. The second-order valence-electron chi connectivity index (χ2n) is 6.78. The van der Waals surface area contributed by atoms with Crippen molar-refractivity contribution >= 4 is 37.5 Å². The first-order valence-electron chi connectivity index (χ1n) is 9.12. The van der Waals surface area contributed by atoms with Crippen LogP contribution in [0.3, 0.4) is 0 Å². The van der Waals surface area contributed by atoms with Gasteiger partial charge in [-0.3, -0.25) is 0 Å². The molecule has 4 rings (SSSR count). The summed E-state index contributed by atoms with van der Waals surface area (Å²) in [5, 5.41) is 2.42. The lowest BCUT2D eigenvalue weighted by Crippen LogP contribution is -2.27. The third-order valence-electron chi connectivity index (χ3n) is 4.73. The molecule has 3 aromatic rings. The molecule has 1 aromatic heterocycles. The number of allylic oxidation sites excluding steroid dienone is 2. The zero-order chi connectivity index (χ0) is 18.7. The molecule has 26 heavy (non-hydrogen) atoms. The van der Waals surface area contributed by atoms with E-state index in [4.69, 9.17) is 4.42 Å². The Balaban J connectivity index is 0.000000447. The minimum atomic E-state index is 0.510. The van der Waals surface area contributed by atoms with Crippen molar-refractivity contribution in [3.05, 3.63) is 70.8 Å². The van der Waals surface area contributed by atoms with Crippen molar-refractivity contribution in [2.75, 3.05) is 0 Å². The van der Waals surface area contributed by atoms with Crippen molar-refractivity contribution in [1.82, 2.24) is 0 Å². The summed E-state index contributed by atoms with van der Waals surface area (Å²) in [6.07, 6.45) is 7.23. The first kappa shape index (κ1) is 18.7. The van der Waals surface area contributed by atoms with Crippen LogP contribution in [-0.4, -0.2) is 0 Å². The van der Waals surface area contributed by atoms with E-state index in [0.29, 0.717) is 5.92 Å². The molecule has 2 heteroatoms. The van der Waals surface area contributed by atoms with Gasteiger partial charge in [0.1, 0.15) is 11.0 Å². The van der Waals surface area contributed by atoms with Crippen LogP contribution in [0.1, 0.15) is 32.8 Å². The fraction of sp³-hybridized carbons (Fsp3) is 0.250. The molecule has 1 nitrogen and oxygen atoms in total. The number of hydrogen-bond acceptors (Lipinski definition) is 1. The summed E-state index contributed by atoms with van der Waals surface area (Å²) in [5.74, 6) is 0.510. The molecule has 0 fully saturated rings. The molecule has 134 valence electrons. The van der Waals surface area contributed by atoms with Crippen LogP contribution in [-0.2, 0) is 0 Å². The smallest absolute Gasteiger partial charge is 0.135 e. The maximum Gasteiger partial charge on any atom is 0.135 e. The van der Waals surface area contributed by atoms with Crippen molar-refractivity contribution in [2.45, 2.75) is 34.1 Å². The Kier molecular flexibility index (Phi) is 5.83. The summed E-state index contributed by atoms with van der Waals surface area (Å²) in [5.41, 5.74) is 5.73. The van der Waals surface area contributed by atoms with E-state index in [-0.39, 0.29) is 0 Å². The summed E-state index contributed by atoms with van der Waals surface area (Å²) in [6.45, 7) is 8.37. The topological polar surface area (TPSA) is 13.1 Å². The van der Waals surface area contributed by atoms with Crippen LogP contribution in [0.2, 0.25) is 0 Å². The number of hydrogen-bond donors (Lipinski definition) is 0. The molecule has 0 aliphatic heterocycles. The van der Waals surface area contributed by atoms with Gasteiger partial charge < -0.3 is 4.42 Å². The van der Waals surface area contributed by atoms with Gasteiger partial charge in [-0.2, -0.15) is 0 Å². The van der Waals surface area contributed by atoms with E-state index in [2.05, 4.69) is 78.3 Å². The van der Waals surface area contributed by atoms with E-state index in [1.54, 1.807) is 0 Å². The molecule has 0 spiro atoms. The first-order chi connectivity index (χ1) is 12.5. The minimum Gasteiger partial charge on any atom is -0.456 e. The van der Waals surface area contributed by atoms with Crippen LogP contribution in [0, 0.1) is 12.8 Å². The van der Waals surface area contributed by atoms with E-state index in [9.17, 15) is 0 Å². The number of halogens is 1. The van der Waals surface area contributed by atoms with Gasteiger partial charge in [0.15, 0.2) is 0 Å². The third-order valence-corrected chi connectivity index (χ3v) is 5.91. The average Bonchev–Trinajstić information content (AvgIpc) is 3.03. The van der Waals surface area contributed by atoms with Gasteiger partial charge in [-0.05, 0) is 62.4 Å². The van der Waals surface area contributed by atoms with Crippen molar-refractivity contribution in [1.29, 1.82) is 0 Å². The molecule has 1 aliphatic rings. The lowest BCUT2D eigenvalue weighted by atomic mass is 9.98. The molecule has 1 unspecified atom stereocenters. The molecule has 0 amide bonds. The standard InChI is InChI=1S/C20H17BrO.C4H8/c1-12-4-3-5-14(10-12)15-7-9-17-16(11-15)19-18(22-17)8-6-13(2)20(19)21;1-3-4-2/h3-5,7-11,13H,6H2,1-2H3;3-4H,1-2H3/b;4-3-. The highest BCUT2D eigenvalue weighted by Gasteiger charge is 2.16. The van der Waals surface area contributed by atoms with Crippen LogP contribution in [0.15, 0.2) is 59.0 Å². The molecular formula is C24H25BrO. The zero-order valence-electron chi connectivity index (χ0n) is 15.8. The maximum absolute atomic E-state index is 6.02. The molecule has 0 radical (unpaired) electrons. The van der Waals surface area contributed by atoms with Gasteiger partial charge in [0.25, 0.3) is 0 Å². The van der Waals surface area contributed by atoms with Gasteiger partial charge in [-0.15, -0.1) is 0 Å². The second kappa shape index (κ2) is 8.09. The first-order valence-corrected chi connectivity index (χ1v) is 9.91. The zero-order valence-corrected chi connectivity index (χ0v) is 17.4. The van der Waals surface area contributed by atoms with E-state index in [0.717, 1.165) is 17.4 Å². The number of fused-ring (bicyclic) bond motifs is 3. The largest absolute Gasteiger partial charge is 0.456 e. The van der Waals surface area contributed by atoms with Gasteiger partial charge in [-0.1, -0.05) is 70.9 Å². The van der Waals surface area contributed by atoms with Crippen LogP contribution >= 0.6 is 15.9 Å². The summed E-state index contributed by atoms with van der Waals surface area (Å²) >= 11 is 3.78. The molecule has 0 saturated carbocycles. The minimum absolute atomic E-state index is 0.510. The lowest BCUT2D eigenvalue weighted by Gasteiger charge is -2.10. The monoisotopic (exact) mass is 408 g/mol. The average molecular weight is 409 g/mol. The van der Waals surface area contributed by atoms with Crippen LogP contribution in [0.4, 0.5) is 0 Å². The van der Waals surface area contributed by atoms with Crippen molar-refractivity contribution in [3.8, 4) is 11.1 Å². The molecule has 0 bridgehead atoms. The van der Waals surface area contributed by atoms with Crippen LogP contribution in [0.25, 0.3) is 32.7 Å². The highest BCUT2D eigenvalue weighted by molar-refractivity contribution is 9.14. The third kappa shape index (κ3) is 3.71. The van der Waals surface area contributed by atoms with Gasteiger partial charge in [0.2, 0.25) is 0 Å². The highest BCUT2D eigenvalue weighted by Crippen LogP contribution is 2.27. The maximum atomic E-state index is 6.02. The molecule has 0 saturated heterocycles. The molecular weight excluding hydrogens is 384 g/mol. The fourth-order valence-electron chi connectivity index (χ4n) is 3.14. The Labute approximate surface area is 163 Å². The second-order valence-corrected chi connectivity index (χ2v) is 7.63. The van der Waals surface area contributed by atoms with Crippen molar-refractivity contribution in [2.24, 2.45) is 5.92 Å². The van der Waals surface area contributed by atoms with Crippen molar-refractivity contribution in [3.63, 3.8) is 0 Å². The highest BCUT2D eigenvalue weighted by atomic mass is 79.9. The quantitative estimate of drug-likeness (QED) is 0.429. The summed E-state index contributed by atoms with van der Waals surface area (Å²) < 4.78 is 7.27. The van der Waals surface area contributed by atoms with Gasteiger partial charge in [-0.25, -0.2) is 0 Å². The molecule has 1 heterocycles. The lowest BCUT2D eigenvalue weighted by molar-refractivity contribution is 0.567. The van der Waals surface area contributed by atoms with Gasteiger partial charge >= 0.3 is 0 Å². The van der Waals surface area contributed by atoms with Crippen molar-refractivity contribution < 1.29 is 4.42 Å². The molecule has 2 aromatic carbocycles. The Morgan fingerprint density at radius 3 is 2.46 bits per heavy atom. The molecule has 1 aliphatic carbocycles. The summed E-state index contributed by atoms with van der Waals surface area (Å²) in [6, 6.07) is 15.1. The number of furan rings is 1. The summed E-state index contributed by atoms with van der Waals surface area (Å²) in [7, 11) is 0. The molecule has 0 N–H and O–H groups in total. The SMILES string of the molecule is C/C=C\C.Cc1cccc(-c2ccc3oc4c(c3c2)=C(Br)C(C)CC=4)c1. The van der Waals surface area contributed by atoms with E-state index < -0.39 is 0 Å². The number of benzene rings is 2. The Morgan fingerprint density at radius 2 is 1.77 bits per heavy atom. The van der Waals surface area contributed by atoms with Gasteiger partial charge in [0.05, 0.1) is 0 Å². The summed E-state index contributed by atoms with van der Waals surface area (Å²) in [4.78, 5) is 0. The van der Waals surface area contributed by atoms with E-state index in [1.165, 1.54) is 31.8 Å². The Morgan fingerprint density at radius 1 is 1.04 bits per heavy atom. The predicted octanol–water partition coefficient (Wildman–Crippen LogP) is 6.31. The van der Waals surface area contributed by atoms with E-state index >= 15 is 0 Å². The number of aryl methyl sites for hydroxylation is 1. The predicted molar refractivity (Wildman–Crippen MR) is 117 cm³/mol. The normalized spacial score (nSPS) is 16.2.